The zero-order valence-corrected chi connectivity index (χ0v) is 19.4. The maximum Gasteiger partial charge on any atom is 0.394 e. The van der Waals surface area contributed by atoms with Gasteiger partial charge in [-0.05, 0) is 63.3 Å². The highest BCUT2D eigenvalue weighted by molar-refractivity contribution is 7.79. The summed E-state index contributed by atoms with van der Waals surface area (Å²) >= 11 is 0. The summed E-state index contributed by atoms with van der Waals surface area (Å²) in [5.74, 6) is 2.94. The second-order valence-corrected chi connectivity index (χ2v) is 8.53. The summed E-state index contributed by atoms with van der Waals surface area (Å²) in [6.07, 6.45) is 3.35. The molecule has 3 aromatic rings. The van der Waals surface area contributed by atoms with Crippen molar-refractivity contribution < 1.29 is 31.5 Å². The highest BCUT2D eigenvalue weighted by Gasteiger charge is 2.20. The predicted molar refractivity (Wildman–Crippen MR) is 121 cm³/mol. The Kier molecular flexibility index (Phi) is 8.42. The molecule has 4 rings (SSSR count). The number of aromatic nitrogens is 3. The van der Waals surface area contributed by atoms with Crippen molar-refractivity contribution in [2.24, 2.45) is 5.92 Å². The molecule has 3 heterocycles. The van der Waals surface area contributed by atoms with E-state index in [1.54, 1.807) is 0 Å². The lowest BCUT2D eigenvalue weighted by atomic mass is 9.94. The summed E-state index contributed by atoms with van der Waals surface area (Å²) < 4.78 is 48.2. The van der Waals surface area contributed by atoms with E-state index in [4.69, 9.17) is 31.5 Å². The first-order valence-corrected chi connectivity index (χ1v) is 12.0. The highest BCUT2D eigenvalue weighted by Crippen LogP contribution is 2.29. The number of piperidine rings is 1. The van der Waals surface area contributed by atoms with Crippen molar-refractivity contribution in [2.75, 3.05) is 31.2 Å². The molecule has 2 aromatic heterocycles. The Balaban J connectivity index is 0.000000555. The van der Waals surface area contributed by atoms with E-state index < -0.39 is 10.4 Å². The SMILES string of the molecule is CCOc1onc2cc(OCCC3CCN(c4ccc(C)nn4)CC3)ccc12.O=S(=O)(O)O. The average molecular weight is 481 g/mol. The van der Waals surface area contributed by atoms with Crippen LogP contribution in [-0.4, -0.2) is 59.2 Å². The number of nitrogens with zero attached hydrogens (tertiary/aromatic N) is 4. The van der Waals surface area contributed by atoms with Gasteiger partial charge in [-0.1, -0.05) is 5.16 Å². The molecule has 180 valence electrons. The highest BCUT2D eigenvalue weighted by atomic mass is 32.3. The number of hydrogen-bond acceptors (Lipinski definition) is 9. The van der Waals surface area contributed by atoms with Crippen LogP contribution in [0.2, 0.25) is 0 Å². The summed E-state index contributed by atoms with van der Waals surface area (Å²) in [7, 11) is -4.67. The van der Waals surface area contributed by atoms with Crippen molar-refractivity contribution >= 4 is 27.1 Å². The second-order valence-electron chi connectivity index (χ2n) is 7.63. The first kappa shape index (κ1) is 24.7. The van der Waals surface area contributed by atoms with Gasteiger partial charge in [0.15, 0.2) is 5.82 Å². The second kappa shape index (κ2) is 11.3. The number of benzene rings is 1. The molecule has 0 amide bonds. The minimum atomic E-state index is -4.67. The normalized spacial score (nSPS) is 14.6. The van der Waals surface area contributed by atoms with Crippen LogP contribution in [0.5, 0.6) is 11.7 Å². The summed E-state index contributed by atoms with van der Waals surface area (Å²) in [6.45, 7) is 7.18. The van der Waals surface area contributed by atoms with Gasteiger partial charge in [-0.15, -0.1) is 5.10 Å². The van der Waals surface area contributed by atoms with Gasteiger partial charge in [0.25, 0.3) is 0 Å². The Morgan fingerprint density at radius 3 is 2.48 bits per heavy atom. The van der Waals surface area contributed by atoms with Crippen molar-refractivity contribution in [3.8, 4) is 11.7 Å². The van der Waals surface area contributed by atoms with Gasteiger partial charge in [-0.2, -0.15) is 13.5 Å². The zero-order chi connectivity index (χ0) is 23.8. The van der Waals surface area contributed by atoms with Crippen molar-refractivity contribution in [3.05, 3.63) is 36.0 Å². The van der Waals surface area contributed by atoms with Crippen LogP contribution in [-0.2, 0) is 10.4 Å². The molecular weight excluding hydrogens is 452 g/mol. The Labute approximate surface area is 192 Å². The quantitative estimate of drug-likeness (QED) is 0.479. The molecule has 33 heavy (non-hydrogen) atoms. The van der Waals surface area contributed by atoms with Gasteiger partial charge in [-0.25, -0.2) is 0 Å². The fourth-order valence-corrected chi connectivity index (χ4v) is 3.58. The van der Waals surface area contributed by atoms with Crippen LogP contribution < -0.4 is 14.4 Å². The number of hydrogen-bond donors (Lipinski definition) is 2. The molecule has 0 atom stereocenters. The summed E-state index contributed by atoms with van der Waals surface area (Å²) in [4.78, 5) is 2.32. The fourth-order valence-electron chi connectivity index (χ4n) is 3.58. The van der Waals surface area contributed by atoms with Crippen molar-refractivity contribution in [1.82, 2.24) is 15.4 Å². The molecular formula is C21H28N4O7S. The number of rotatable bonds is 7. The number of fused-ring (bicyclic) bond motifs is 1. The van der Waals surface area contributed by atoms with E-state index in [2.05, 4.69) is 26.3 Å². The van der Waals surface area contributed by atoms with E-state index in [0.29, 0.717) is 25.1 Å². The third-order valence-electron chi connectivity index (χ3n) is 5.21. The molecule has 2 N–H and O–H groups in total. The summed E-state index contributed by atoms with van der Waals surface area (Å²) in [6, 6.07) is 9.86. The molecule has 12 heteroatoms. The summed E-state index contributed by atoms with van der Waals surface area (Å²) in [5, 5.41) is 13.4. The average Bonchev–Trinajstić information content (AvgIpc) is 3.16. The van der Waals surface area contributed by atoms with E-state index >= 15 is 0 Å². The molecule has 0 spiro atoms. The van der Waals surface area contributed by atoms with E-state index in [1.807, 2.05) is 38.1 Å². The van der Waals surface area contributed by atoms with Crippen LogP contribution in [0.25, 0.3) is 10.9 Å². The standard InChI is InChI=1S/C21H26N4O3.H2O4S/c1-3-26-21-18-6-5-17(14-19(18)24-28-21)27-13-10-16-8-11-25(12-9-16)20-7-4-15(2)22-23-20;1-5(2,3)4/h4-7,14,16H,3,8-13H2,1-2H3;(H2,1,2,3,4). The topological polar surface area (TPSA) is 148 Å². The van der Waals surface area contributed by atoms with Crippen LogP contribution >= 0.6 is 0 Å². The largest absolute Gasteiger partial charge is 0.494 e. The van der Waals surface area contributed by atoms with Gasteiger partial charge in [-0.3, -0.25) is 9.11 Å². The van der Waals surface area contributed by atoms with E-state index in [1.165, 1.54) is 0 Å². The molecule has 1 fully saturated rings. The van der Waals surface area contributed by atoms with Gasteiger partial charge in [0.05, 0.1) is 24.3 Å². The van der Waals surface area contributed by atoms with E-state index in [9.17, 15) is 0 Å². The Morgan fingerprint density at radius 1 is 1.12 bits per heavy atom. The van der Waals surface area contributed by atoms with Crippen LogP contribution in [0.4, 0.5) is 5.82 Å². The molecule has 0 radical (unpaired) electrons. The van der Waals surface area contributed by atoms with Gasteiger partial charge >= 0.3 is 16.3 Å². The fraction of sp³-hybridized carbons (Fsp3) is 0.476. The van der Waals surface area contributed by atoms with Gasteiger partial charge in [0.1, 0.15) is 11.3 Å². The monoisotopic (exact) mass is 480 g/mol. The molecule has 0 unspecified atom stereocenters. The Bertz CT molecular complexity index is 1120. The third-order valence-corrected chi connectivity index (χ3v) is 5.21. The first-order chi connectivity index (χ1) is 15.7. The third kappa shape index (κ3) is 7.84. The maximum absolute atomic E-state index is 8.74. The Hall–Kier alpha value is -2.96. The molecule has 1 saturated heterocycles. The minimum absolute atomic E-state index is 0.467. The Morgan fingerprint density at radius 2 is 1.85 bits per heavy atom. The molecule has 1 aliphatic heterocycles. The number of aryl methyl sites for hydroxylation is 1. The van der Waals surface area contributed by atoms with Crippen molar-refractivity contribution in [1.29, 1.82) is 0 Å². The van der Waals surface area contributed by atoms with E-state index in [-0.39, 0.29) is 0 Å². The van der Waals surface area contributed by atoms with Crippen LogP contribution in [0.3, 0.4) is 0 Å². The zero-order valence-electron chi connectivity index (χ0n) is 18.5. The molecule has 0 saturated carbocycles. The summed E-state index contributed by atoms with van der Waals surface area (Å²) in [5.41, 5.74) is 1.71. The molecule has 0 aliphatic carbocycles. The molecule has 1 aromatic carbocycles. The van der Waals surface area contributed by atoms with Crippen molar-refractivity contribution in [2.45, 2.75) is 33.1 Å². The van der Waals surface area contributed by atoms with Gasteiger partial charge < -0.3 is 18.9 Å². The molecule has 0 bridgehead atoms. The lowest BCUT2D eigenvalue weighted by Crippen LogP contribution is -2.34. The smallest absolute Gasteiger partial charge is 0.394 e. The van der Waals surface area contributed by atoms with Gasteiger partial charge in [0, 0.05) is 19.2 Å². The maximum atomic E-state index is 8.74. The predicted octanol–water partition coefficient (Wildman–Crippen LogP) is 3.36. The van der Waals surface area contributed by atoms with Gasteiger partial charge in [0.2, 0.25) is 0 Å². The molecule has 11 nitrogen and oxygen atoms in total. The lowest BCUT2D eigenvalue weighted by molar-refractivity contribution is 0.230. The lowest BCUT2D eigenvalue weighted by Gasteiger charge is -2.32. The van der Waals surface area contributed by atoms with Crippen molar-refractivity contribution in [3.63, 3.8) is 0 Å². The van der Waals surface area contributed by atoms with E-state index in [0.717, 1.165) is 60.5 Å². The van der Waals surface area contributed by atoms with Crippen LogP contribution in [0, 0.1) is 12.8 Å². The van der Waals surface area contributed by atoms with Crippen LogP contribution in [0.1, 0.15) is 31.9 Å². The number of ether oxygens (including phenoxy) is 2. The number of anilines is 1. The van der Waals surface area contributed by atoms with Crippen LogP contribution in [0.15, 0.2) is 34.9 Å². The molecule has 1 aliphatic rings. The first-order valence-electron chi connectivity index (χ1n) is 10.6. The minimum Gasteiger partial charge on any atom is -0.494 e.